The maximum Gasteiger partial charge on any atom is 0.276 e. The molecule has 1 aliphatic rings. The predicted octanol–water partition coefficient (Wildman–Crippen LogP) is 4.66. The Morgan fingerprint density at radius 1 is 1.12 bits per heavy atom. The Bertz CT molecular complexity index is 1040. The van der Waals surface area contributed by atoms with Gasteiger partial charge in [0.05, 0.1) is 28.3 Å². The number of nitrogen functional groups attached to an aromatic ring is 2. The van der Waals surface area contributed by atoms with Crippen molar-refractivity contribution in [2.75, 3.05) is 24.6 Å². The Morgan fingerprint density at radius 2 is 1.82 bits per heavy atom. The van der Waals surface area contributed by atoms with Gasteiger partial charge in [-0.2, -0.15) is 4.39 Å². The first-order valence-electron chi connectivity index (χ1n) is 11.2. The molecule has 2 aromatic rings. The summed E-state index contributed by atoms with van der Waals surface area (Å²) in [4.78, 5) is 23.2. The Morgan fingerprint density at radius 3 is 2.42 bits per heavy atom. The largest absolute Gasteiger partial charge is 0.397 e. The zero-order valence-corrected chi connectivity index (χ0v) is 19.6. The van der Waals surface area contributed by atoms with Gasteiger partial charge in [0.15, 0.2) is 5.69 Å². The van der Waals surface area contributed by atoms with Crippen LogP contribution in [-0.4, -0.2) is 33.9 Å². The van der Waals surface area contributed by atoms with Gasteiger partial charge in [0.2, 0.25) is 5.95 Å². The van der Waals surface area contributed by atoms with Gasteiger partial charge in [-0.3, -0.25) is 4.79 Å². The summed E-state index contributed by atoms with van der Waals surface area (Å²) in [5, 5.41) is 2.87. The summed E-state index contributed by atoms with van der Waals surface area (Å²) >= 11 is 0. The molecule has 0 unspecified atom stereocenters. The van der Waals surface area contributed by atoms with E-state index < -0.39 is 11.9 Å². The number of nitrogens with two attached hydrogens (primary N) is 2. The van der Waals surface area contributed by atoms with E-state index in [1.807, 2.05) is 32.9 Å². The Balaban J connectivity index is 0.00000187. The number of aromatic nitrogens is 2. The van der Waals surface area contributed by atoms with Crippen LogP contribution in [0.15, 0.2) is 60.5 Å². The smallest absolute Gasteiger partial charge is 0.276 e. The lowest BCUT2D eigenvalue weighted by Gasteiger charge is -2.31. The average molecular weight is 453 g/mol. The van der Waals surface area contributed by atoms with Crippen LogP contribution in [0, 0.1) is 5.95 Å². The third kappa shape index (κ3) is 6.41. The molecule has 0 aromatic carbocycles. The van der Waals surface area contributed by atoms with Gasteiger partial charge in [0, 0.05) is 13.1 Å². The molecule has 1 amide bonds. The number of pyridine rings is 2. The van der Waals surface area contributed by atoms with Crippen LogP contribution in [0.25, 0.3) is 11.3 Å². The van der Waals surface area contributed by atoms with Gasteiger partial charge in [0.25, 0.3) is 5.91 Å². The number of piperidine rings is 1. The van der Waals surface area contributed by atoms with E-state index in [-0.39, 0.29) is 28.5 Å². The van der Waals surface area contributed by atoms with E-state index in [0.717, 1.165) is 31.6 Å². The SMILES string of the molecule is C=C/C(NC(=O)c1nc(-c2ccc(N)nc2F)ccc1N)=C(\C=C/C)N1CCCCC1.CC. The topological polar surface area (TPSA) is 110 Å². The Kier molecular flexibility index (Phi) is 9.60. The second-order valence-electron chi connectivity index (χ2n) is 7.21. The fourth-order valence-electron chi connectivity index (χ4n) is 3.50. The van der Waals surface area contributed by atoms with E-state index in [2.05, 4.69) is 26.8 Å². The highest BCUT2D eigenvalue weighted by molar-refractivity contribution is 5.99. The maximum absolute atomic E-state index is 14.2. The van der Waals surface area contributed by atoms with Gasteiger partial charge >= 0.3 is 0 Å². The highest BCUT2D eigenvalue weighted by Gasteiger charge is 2.19. The molecule has 0 radical (unpaired) electrons. The number of allylic oxidation sites excluding steroid dienone is 3. The number of carbonyl (C=O) groups excluding carboxylic acids is 1. The van der Waals surface area contributed by atoms with E-state index in [1.165, 1.54) is 30.7 Å². The van der Waals surface area contributed by atoms with Crippen molar-refractivity contribution in [2.24, 2.45) is 0 Å². The fourth-order valence-corrected chi connectivity index (χ4v) is 3.50. The van der Waals surface area contributed by atoms with Gasteiger partial charge in [-0.1, -0.05) is 26.5 Å². The number of halogens is 1. The molecule has 1 saturated heterocycles. The first kappa shape index (κ1) is 25.6. The molecule has 0 saturated carbocycles. The van der Waals surface area contributed by atoms with Crippen LogP contribution in [-0.2, 0) is 0 Å². The average Bonchev–Trinajstić information content (AvgIpc) is 2.83. The molecule has 2 aromatic heterocycles. The van der Waals surface area contributed by atoms with Crippen molar-refractivity contribution in [3.05, 3.63) is 72.1 Å². The number of carbonyl (C=O) groups is 1. The molecule has 1 aliphatic heterocycles. The molecule has 8 heteroatoms. The molecule has 0 bridgehead atoms. The minimum Gasteiger partial charge on any atom is -0.397 e. The van der Waals surface area contributed by atoms with Crippen LogP contribution >= 0.6 is 0 Å². The molecule has 0 spiro atoms. The number of hydrogen-bond acceptors (Lipinski definition) is 6. The van der Waals surface area contributed by atoms with Gasteiger partial charge < -0.3 is 21.7 Å². The summed E-state index contributed by atoms with van der Waals surface area (Å²) in [6.07, 6.45) is 8.86. The molecule has 0 aliphatic carbocycles. The number of anilines is 2. The summed E-state index contributed by atoms with van der Waals surface area (Å²) in [5.41, 5.74) is 13.5. The zero-order chi connectivity index (χ0) is 24.4. The van der Waals surface area contributed by atoms with Gasteiger partial charge in [0.1, 0.15) is 5.82 Å². The molecular formula is C25H33FN6O. The minimum absolute atomic E-state index is 0.00783. The summed E-state index contributed by atoms with van der Waals surface area (Å²) in [7, 11) is 0. The van der Waals surface area contributed by atoms with Crippen LogP contribution < -0.4 is 16.8 Å². The number of rotatable bonds is 6. The zero-order valence-electron chi connectivity index (χ0n) is 19.6. The van der Waals surface area contributed by atoms with Crippen molar-refractivity contribution >= 4 is 17.4 Å². The third-order valence-electron chi connectivity index (χ3n) is 5.04. The lowest BCUT2D eigenvalue weighted by Crippen LogP contribution is -2.33. The summed E-state index contributed by atoms with van der Waals surface area (Å²) in [5.74, 6) is -1.21. The molecule has 3 heterocycles. The highest BCUT2D eigenvalue weighted by atomic mass is 19.1. The first-order valence-corrected chi connectivity index (χ1v) is 11.2. The van der Waals surface area contributed by atoms with Crippen molar-refractivity contribution in [1.82, 2.24) is 20.2 Å². The summed E-state index contributed by atoms with van der Waals surface area (Å²) in [6, 6.07) is 5.98. The molecule has 1 fully saturated rings. The van der Waals surface area contributed by atoms with Gasteiger partial charge in [-0.25, -0.2) is 9.97 Å². The van der Waals surface area contributed by atoms with Crippen LogP contribution in [0.3, 0.4) is 0 Å². The second-order valence-corrected chi connectivity index (χ2v) is 7.21. The molecule has 5 N–H and O–H groups in total. The second kappa shape index (κ2) is 12.4. The quantitative estimate of drug-likeness (QED) is 0.434. The fraction of sp³-hybridized carbons (Fsp3) is 0.320. The number of nitrogens with one attached hydrogen (secondary N) is 1. The lowest BCUT2D eigenvalue weighted by atomic mass is 10.1. The van der Waals surface area contributed by atoms with E-state index in [0.29, 0.717) is 5.70 Å². The molecule has 3 rings (SSSR count). The standard InChI is InChI=1S/C23H27FN6O.C2H6/c1-3-8-19(30-13-6-5-7-14-30)17(4-2)28-23(31)21-16(25)10-11-18(27-21)15-9-12-20(26)29-22(15)24;1-2/h3-4,8-12H,2,5-7,13-14,25H2,1H3,(H2,26,29)(H,28,31);1-2H3/b8-3-,19-17-;. The molecular weight excluding hydrogens is 419 g/mol. The van der Waals surface area contributed by atoms with Crippen molar-refractivity contribution < 1.29 is 9.18 Å². The van der Waals surface area contributed by atoms with Gasteiger partial charge in [-0.05, 0) is 62.6 Å². The van der Waals surface area contributed by atoms with Crippen molar-refractivity contribution in [1.29, 1.82) is 0 Å². The number of nitrogens with zero attached hydrogens (tertiary/aromatic N) is 3. The number of amides is 1. The van der Waals surface area contributed by atoms with Crippen LogP contribution in [0.1, 0.15) is 50.5 Å². The van der Waals surface area contributed by atoms with Crippen molar-refractivity contribution in [3.63, 3.8) is 0 Å². The van der Waals surface area contributed by atoms with Crippen molar-refractivity contribution in [2.45, 2.75) is 40.0 Å². The van der Waals surface area contributed by atoms with Crippen LogP contribution in [0.5, 0.6) is 0 Å². The Labute approximate surface area is 195 Å². The predicted molar refractivity (Wildman–Crippen MR) is 133 cm³/mol. The third-order valence-corrected chi connectivity index (χ3v) is 5.04. The van der Waals surface area contributed by atoms with E-state index >= 15 is 0 Å². The summed E-state index contributed by atoms with van der Waals surface area (Å²) < 4.78 is 14.2. The molecule has 0 atom stereocenters. The lowest BCUT2D eigenvalue weighted by molar-refractivity contribution is 0.0962. The number of likely N-dealkylation sites (tertiary alicyclic amines) is 1. The van der Waals surface area contributed by atoms with Crippen LogP contribution in [0.2, 0.25) is 0 Å². The molecule has 7 nitrogen and oxygen atoms in total. The van der Waals surface area contributed by atoms with E-state index in [4.69, 9.17) is 11.5 Å². The summed E-state index contributed by atoms with van der Waals surface area (Å²) in [6.45, 7) is 11.6. The van der Waals surface area contributed by atoms with E-state index in [1.54, 1.807) is 6.08 Å². The molecule has 176 valence electrons. The number of hydrogen-bond donors (Lipinski definition) is 3. The normalized spacial score (nSPS) is 14.2. The van der Waals surface area contributed by atoms with Gasteiger partial charge in [-0.15, -0.1) is 0 Å². The monoisotopic (exact) mass is 452 g/mol. The molecule has 33 heavy (non-hydrogen) atoms. The van der Waals surface area contributed by atoms with Crippen LogP contribution in [0.4, 0.5) is 15.9 Å². The van der Waals surface area contributed by atoms with E-state index in [9.17, 15) is 9.18 Å². The van der Waals surface area contributed by atoms with Crippen molar-refractivity contribution in [3.8, 4) is 11.3 Å². The Hall–Kier alpha value is -3.68. The maximum atomic E-state index is 14.2. The minimum atomic E-state index is -0.768. The highest BCUT2D eigenvalue weighted by Crippen LogP contribution is 2.24. The first-order chi connectivity index (χ1) is 15.9.